The number of halogens is 2. The highest BCUT2D eigenvalue weighted by Gasteiger charge is 2.50. The molecule has 1 aliphatic rings. The van der Waals surface area contributed by atoms with Gasteiger partial charge in [0, 0.05) is 5.92 Å². The minimum atomic E-state index is -2.25. The average molecular weight is 299 g/mol. The number of alkyl halides is 2. The summed E-state index contributed by atoms with van der Waals surface area (Å²) in [6.45, 7) is 5.31. The van der Waals surface area contributed by atoms with Crippen LogP contribution in [-0.4, -0.2) is 36.2 Å². The molecule has 0 saturated carbocycles. The Kier molecular flexibility index (Phi) is 3.97. The first-order valence-corrected chi connectivity index (χ1v) is 5.78. The van der Waals surface area contributed by atoms with Crippen molar-refractivity contribution >= 4 is 21.9 Å². The summed E-state index contributed by atoms with van der Waals surface area (Å²) in [5, 5.41) is 0. The lowest BCUT2D eigenvalue weighted by molar-refractivity contribution is -0.161. The van der Waals surface area contributed by atoms with E-state index < -0.39 is 28.4 Å². The van der Waals surface area contributed by atoms with Gasteiger partial charge in [-0.05, 0) is 29.8 Å². The molecule has 0 bridgehead atoms. The van der Waals surface area contributed by atoms with Crippen molar-refractivity contribution in [2.45, 2.75) is 37.2 Å². The molecule has 0 N–H and O–H groups in total. The molecular weight excluding hydrogens is 283 g/mol. The second kappa shape index (κ2) is 4.58. The van der Waals surface area contributed by atoms with Crippen LogP contribution >= 0.6 is 15.9 Å². The van der Waals surface area contributed by atoms with Crippen LogP contribution in [0.4, 0.5) is 4.39 Å². The van der Waals surface area contributed by atoms with Crippen LogP contribution in [0.2, 0.25) is 0 Å². The number of esters is 1. The third kappa shape index (κ3) is 2.73. The van der Waals surface area contributed by atoms with Crippen molar-refractivity contribution in [2.24, 2.45) is 5.92 Å². The van der Waals surface area contributed by atoms with E-state index in [1.807, 2.05) is 0 Å². The Morgan fingerprint density at radius 3 is 2.62 bits per heavy atom. The number of hydrogen-bond acceptors (Lipinski definition) is 4. The summed E-state index contributed by atoms with van der Waals surface area (Å²) in [6.07, 6.45) is -0.488. The normalized spacial score (nSPS) is 29.5. The molecule has 94 valence electrons. The fraction of sp³-hybridized carbons (Fsp3) is 0.900. The van der Waals surface area contributed by atoms with E-state index in [4.69, 9.17) is 9.47 Å². The SMILES string of the molecule is COC(=O)[C@@](F)(Br)[C@H](C)[C@H]1COC(C)(C)O1. The van der Waals surface area contributed by atoms with Gasteiger partial charge >= 0.3 is 5.97 Å². The summed E-state index contributed by atoms with van der Waals surface area (Å²) in [5.41, 5.74) is 0. The molecule has 1 fully saturated rings. The maximum Gasteiger partial charge on any atom is 0.355 e. The summed E-state index contributed by atoms with van der Waals surface area (Å²) >= 11 is 2.74. The van der Waals surface area contributed by atoms with Gasteiger partial charge in [-0.15, -0.1) is 0 Å². The van der Waals surface area contributed by atoms with Gasteiger partial charge in [0.1, 0.15) is 0 Å². The number of carbonyl (C=O) groups is 1. The van der Waals surface area contributed by atoms with E-state index in [1.165, 1.54) is 0 Å². The van der Waals surface area contributed by atoms with Crippen LogP contribution in [-0.2, 0) is 19.0 Å². The molecule has 0 radical (unpaired) electrons. The summed E-state index contributed by atoms with van der Waals surface area (Å²) in [7, 11) is 1.14. The van der Waals surface area contributed by atoms with Crippen LogP contribution in [0.25, 0.3) is 0 Å². The van der Waals surface area contributed by atoms with Gasteiger partial charge in [0.15, 0.2) is 5.79 Å². The molecule has 0 aromatic heterocycles. The molecule has 16 heavy (non-hydrogen) atoms. The van der Waals surface area contributed by atoms with E-state index in [2.05, 4.69) is 20.7 Å². The molecule has 1 rings (SSSR count). The molecule has 3 atom stereocenters. The number of ether oxygens (including phenoxy) is 3. The van der Waals surface area contributed by atoms with Crippen LogP contribution in [0.5, 0.6) is 0 Å². The Bertz CT molecular complexity index is 280. The van der Waals surface area contributed by atoms with E-state index in [0.29, 0.717) is 0 Å². The molecular formula is C10H16BrFO4. The van der Waals surface area contributed by atoms with E-state index in [-0.39, 0.29) is 6.61 Å². The van der Waals surface area contributed by atoms with Crippen LogP contribution in [0.3, 0.4) is 0 Å². The highest BCUT2D eigenvalue weighted by atomic mass is 79.9. The summed E-state index contributed by atoms with van der Waals surface area (Å²) in [6, 6.07) is 0. The molecule has 0 unspecified atom stereocenters. The van der Waals surface area contributed by atoms with Gasteiger partial charge in [-0.1, -0.05) is 6.92 Å². The standard InChI is InChI=1S/C10H16BrFO4/c1-6(10(11,12)8(13)14-4)7-5-15-9(2,3)16-7/h6-7H,5H2,1-4H3/t6-,7-,10-/m1/s1. The first-order valence-electron chi connectivity index (χ1n) is 4.98. The van der Waals surface area contributed by atoms with Crippen LogP contribution < -0.4 is 0 Å². The van der Waals surface area contributed by atoms with Crippen molar-refractivity contribution in [3.8, 4) is 0 Å². The first-order chi connectivity index (χ1) is 7.20. The van der Waals surface area contributed by atoms with Crippen molar-refractivity contribution < 1.29 is 23.4 Å². The molecule has 0 aromatic rings. The smallest absolute Gasteiger partial charge is 0.355 e. The summed E-state index contributed by atoms with van der Waals surface area (Å²) in [5.74, 6) is -2.41. The molecule has 1 saturated heterocycles. The fourth-order valence-corrected chi connectivity index (χ4v) is 1.97. The number of methoxy groups -OCH3 is 1. The lowest BCUT2D eigenvalue weighted by atomic mass is 9.99. The number of carbonyl (C=O) groups excluding carboxylic acids is 1. The topological polar surface area (TPSA) is 44.8 Å². The van der Waals surface area contributed by atoms with Crippen molar-refractivity contribution in [3.63, 3.8) is 0 Å². The van der Waals surface area contributed by atoms with Gasteiger partial charge < -0.3 is 14.2 Å². The Morgan fingerprint density at radius 1 is 1.69 bits per heavy atom. The Labute approximate surface area is 103 Å². The second-order valence-corrected chi connectivity index (χ2v) is 5.42. The number of rotatable bonds is 3. The zero-order valence-corrected chi connectivity index (χ0v) is 11.3. The molecule has 0 aromatic carbocycles. The van der Waals surface area contributed by atoms with Gasteiger partial charge in [-0.2, -0.15) is 0 Å². The van der Waals surface area contributed by atoms with E-state index in [0.717, 1.165) is 7.11 Å². The highest BCUT2D eigenvalue weighted by molar-refractivity contribution is 9.10. The third-order valence-electron chi connectivity index (χ3n) is 2.62. The molecule has 1 aliphatic heterocycles. The highest BCUT2D eigenvalue weighted by Crippen LogP contribution is 2.38. The Hall–Kier alpha value is -0.200. The summed E-state index contributed by atoms with van der Waals surface area (Å²) < 4.78 is 27.0. The Morgan fingerprint density at radius 2 is 2.25 bits per heavy atom. The van der Waals surface area contributed by atoms with Gasteiger partial charge in [0.2, 0.25) is 0 Å². The third-order valence-corrected chi connectivity index (χ3v) is 3.66. The van der Waals surface area contributed by atoms with E-state index >= 15 is 0 Å². The maximum absolute atomic E-state index is 14.1. The summed E-state index contributed by atoms with van der Waals surface area (Å²) in [4.78, 5) is 11.3. The zero-order valence-electron chi connectivity index (χ0n) is 9.75. The quantitative estimate of drug-likeness (QED) is 0.591. The molecule has 0 aliphatic carbocycles. The maximum atomic E-state index is 14.1. The lowest BCUT2D eigenvalue weighted by Gasteiger charge is -2.27. The zero-order chi connectivity index (χ0) is 12.6. The molecule has 0 amide bonds. The lowest BCUT2D eigenvalue weighted by Crippen LogP contribution is -2.42. The van der Waals surface area contributed by atoms with Crippen LogP contribution in [0, 0.1) is 5.92 Å². The van der Waals surface area contributed by atoms with E-state index in [9.17, 15) is 9.18 Å². The second-order valence-electron chi connectivity index (χ2n) is 4.27. The van der Waals surface area contributed by atoms with Gasteiger partial charge in [-0.3, -0.25) is 0 Å². The molecule has 0 spiro atoms. The fourth-order valence-electron chi connectivity index (χ4n) is 1.52. The van der Waals surface area contributed by atoms with E-state index in [1.54, 1.807) is 20.8 Å². The van der Waals surface area contributed by atoms with Crippen molar-refractivity contribution in [1.29, 1.82) is 0 Å². The van der Waals surface area contributed by atoms with Crippen molar-refractivity contribution in [2.75, 3.05) is 13.7 Å². The van der Waals surface area contributed by atoms with Crippen molar-refractivity contribution in [3.05, 3.63) is 0 Å². The van der Waals surface area contributed by atoms with Gasteiger partial charge in [-0.25, -0.2) is 9.18 Å². The number of hydrogen-bond donors (Lipinski definition) is 0. The van der Waals surface area contributed by atoms with Gasteiger partial charge in [0.05, 0.1) is 19.8 Å². The van der Waals surface area contributed by atoms with Gasteiger partial charge in [0.25, 0.3) is 4.58 Å². The minimum Gasteiger partial charge on any atom is -0.466 e. The first kappa shape index (κ1) is 13.9. The van der Waals surface area contributed by atoms with Crippen LogP contribution in [0.1, 0.15) is 20.8 Å². The average Bonchev–Trinajstić information content (AvgIpc) is 2.56. The van der Waals surface area contributed by atoms with Crippen molar-refractivity contribution in [1.82, 2.24) is 0 Å². The Balaban J connectivity index is 2.71. The van der Waals surface area contributed by atoms with Crippen LogP contribution in [0.15, 0.2) is 0 Å². The predicted molar refractivity (Wildman–Crippen MR) is 58.9 cm³/mol. The largest absolute Gasteiger partial charge is 0.466 e. The molecule has 6 heteroatoms. The molecule has 4 nitrogen and oxygen atoms in total. The minimum absolute atomic E-state index is 0.252. The molecule has 1 heterocycles. The predicted octanol–water partition coefficient (Wildman–Crippen LogP) is 2.01. The monoisotopic (exact) mass is 298 g/mol.